The molecule has 2 aromatic carbocycles. The Morgan fingerprint density at radius 3 is 2.36 bits per heavy atom. The normalized spacial score (nSPS) is 10.9. The summed E-state index contributed by atoms with van der Waals surface area (Å²) in [6.07, 6.45) is -0.595. The number of nitrogens with one attached hydrogen (secondary N) is 1. The molecule has 0 aromatic heterocycles. The number of methoxy groups -OCH3 is 2. The summed E-state index contributed by atoms with van der Waals surface area (Å²) in [5.74, 6) is -0.891. The van der Waals surface area contributed by atoms with Gasteiger partial charge in [-0.05, 0) is 61.7 Å². The van der Waals surface area contributed by atoms with Crippen molar-refractivity contribution in [3.05, 3.63) is 53.3 Å². The summed E-state index contributed by atoms with van der Waals surface area (Å²) in [7, 11) is 2.67. The van der Waals surface area contributed by atoms with Gasteiger partial charge < -0.3 is 19.5 Å². The zero-order valence-corrected chi connectivity index (χ0v) is 16.6. The average Bonchev–Trinajstić information content (AvgIpc) is 2.64. The second-order valence-electron chi connectivity index (χ2n) is 7.07. The Balaban J connectivity index is 2.37. The lowest BCUT2D eigenvalue weighted by Gasteiger charge is -2.20. The summed E-state index contributed by atoms with van der Waals surface area (Å²) in [5.41, 5.74) is 1.53. The van der Waals surface area contributed by atoms with E-state index >= 15 is 0 Å². The molecule has 7 heteroatoms. The molecule has 0 spiro atoms. The molecule has 1 N–H and O–H groups in total. The summed E-state index contributed by atoms with van der Waals surface area (Å²) in [6, 6.07) is 9.42. The molecular formula is C21H24FNO5. The van der Waals surface area contributed by atoms with Crippen molar-refractivity contribution < 1.29 is 28.2 Å². The molecule has 6 nitrogen and oxygen atoms in total. The number of rotatable bonds is 5. The van der Waals surface area contributed by atoms with E-state index in [1.165, 1.54) is 26.4 Å². The molecule has 1 amide bonds. The SMILES string of the molecule is COC(=O)c1ccc(-c2ccc(OC)c(F)c2)c(CNC(=O)OC(C)(C)C)c1. The van der Waals surface area contributed by atoms with Crippen LogP contribution in [0, 0.1) is 5.82 Å². The molecule has 0 saturated carbocycles. The number of halogens is 1. The van der Waals surface area contributed by atoms with Crippen molar-refractivity contribution in [1.82, 2.24) is 5.32 Å². The lowest BCUT2D eigenvalue weighted by molar-refractivity contribution is 0.0523. The molecule has 2 aromatic rings. The highest BCUT2D eigenvalue weighted by Gasteiger charge is 2.18. The van der Waals surface area contributed by atoms with Crippen LogP contribution >= 0.6 is 0 Å². The Hall–Kier alpha value is -3.09. The van der Waals surface area contributed by atoms with E-state index in [1.807, 2.05) is 0 Å². The fourth-order valence-electron chi connectivity index (χ4n) is 2.58. The molecule has 2 rings (SSSR count). The standard InChI is InChI=1S/C21H24FNO5/c1-21(2,3)28-20(25)23-12-15-10-14(19(24)27-5)6-8-16(15)13-7-9-18(26-4)17(22)11-13/h6-11H,12H2,1-5H3,(H,23,25). The Labute approximate surface area is 163 Å². The van der Waals surface area contributed by atoms with E-state index in [0.29, 0.717) is 22.3 Å². The quantitative estimate of drug-likeness (QED) is 0.772. The second kappa shape index (κ2) is 8.73. The second-order valence-corrected chi connectivity index (χ2v) is 7.07. The largest absolute Gasteiger partial charge is 0.494 e. The number of hydrogen-bond donors (Lipinski definition) is 1. The first-order chi connectivity index (χ1) is 13.1. The van der Waals surface area contributed by atoms with Gasteiger partial charge in [0.05, 0.1) is 19.8 Å². The van der Waals surface area contributed by atoms with Gasteiger partial charge in [-0.15, -0.1) is 0 Å². The van der Waals surface area contributed by atoms with Gasteiger partial charge in [-0.25, -0.2) is 14.0 Å². The highest BCUT2D eigenvalue weighted by molar-refractivity contribution is 5.90. The predicted molar refractivity (Wildman–Crippen MR) is 103 cm³/mol. The van der Waals surface area contributed by atoms with E-state index in [-0.39, 0.29) is 12.3 Å². The number of esters is 1. The third-order valence-electron chi connectivity index (χ3n) is 3.81. The van der Waals surface area contributed by atoms with Crippen LogP contribution in [0.4, 0.5) is 9.18 Å². The fraction of sp³-hybridized carbons (Fsp3) is 0.333. The first kappa shape index (κ1) is 21.2. The number of hydrogen-bond acceptors (Lipinski definition) is 5. The number of amides is 1. The van der Waals surface area contributed by atoms with Crippen molar-refractivity contribution in [3.8, 4) is 16.9 Å². The van der Waals surface area contributed by atoms with Crippen LogP contribution in [0.15, 0.2) is 36.4 Å². The van der Waals surface area contributed by atoms with E-state index < -0.39 is 23.5 Å². The maximum absolute atomic E-state index is 14.1. The van der Waals surface area contributed by atoms with Crippen LogP contribution in [0.2, 0.25) is 0 Å². The molecule has 0 aliphatic heterocycles. The minimum atomic E-state index is -0.639. The molecule has 150 valence electrons. The molecule has 0 radical (unpaired) electrons. The number of alkyl carbamates (subject to hydrolysis) is 1. The van der Waals surface area contributed by atoms with Crippen LogP contribution in [0.25, 0.3) is 11.1 Å². The van der Waals surface area contributed by atoms with Crippen molar-refractivity contribution in [3.63, 3.8) is 0 Å². The highest BCUT2D eigenvalue weighted by atomic mass is 19.1. The van der Waals surface area contributed by atoms with Crippen LogP contribution in [0.1, 0.15) is 36.7 Å². The van der Waals surface area contributed by atoms with Gasteiger partial charge in [0, 0.05) is 6.54 Å². The summed E-state index contributed by atoms with van der Waals surface area (Å²) in [4.78, 5) is 23.9. The molecule has 0 unspecified atom stereocenters. The van der Waals surface area contributed by atoms with E-state index in [9.17, 15) is 14.0 Å². The van der Waals surface area contributed by atoms with Crippen LogP contribution < -0.4 is 10.1 Å². The van der Waals surface area contributed by atoms with Crippen molar-refractivity contribution in [2.75, 3.05) is 14.2 Å². The zero-order chi connectivity index (χ0) is 20.9. The molecule has 0 atom stereocenters. The highest BCUT2D eigenvalue weighted by Crippen LogP contribution is 2.29. The van der Waals surface area contributed by atoms with E-state index in [4.69, 9.17) is 14.2 Å². The van der Waals surface area contributed by atoms with Gasteiger partial charge >= 0.3 is 12.1 Å². The fourth-order valence-corrected chi connectivity index (χ4v) is 2.58. The molecular weight excluding hydrogens is 365 g/mol. The maximum Gasteiger partial charge on any atom is 0.407 e. The summed E-state index contributed by atoms with van der Waals surface area (Å²) in [6.45, 7) is 5.37. The Bertz CT molecular complexity index is 874. The minimum Gasteiger partial charge on any atom is -0.494 e. The molecule has 0 aliphatic rings. The third-order valence-corrected chi connectivity index (χ3v) is 3.81. The summed E-state index contributed by atoms with van der Waals surface area (Å²) < 4.78 is 29.1. The number of carbonyl (C=O) groups excluding carboxylic acids is 2. The third kappa shape index (κ3) is 5.45. The smallest absolute Gasteiger partial charge is 0.407 e. The number of ether oxygens (including phenoxy) is 3. The van der Waals surface area contributed by atoms with Gasteiger partial charge in [0.15, 0.2) is 11.6 Å². The summed E-state index contributed by atoms with van der Waals surface area (Å²) in [5, 5.41) is 2.66. The van der Waals surface area contributed by atoms with Gasteiger partial charge in [0.25, 0.3) is 0 Å². The monoisotopic (exact) mass is 389 g/mol. The lowest BCUT2D eigenvalue weighted by atomic mass is 9.97. The van der Waals surface area contributed by atoms with Crippen LogP contribution in [-0.2, 0) is 16.0 Å². The zero-order valence-electron chi connectivity index (χ0n) is 16.6. The molecule has 0 saturated heterocycles. The van der Waals surface area contributed by atoms with Gasteiger partial charge in [0.1, 0.15) is 5.60 Å². The van der Waals surface area contributed by atoms with Gasteiger partial charge in [-0.3, -0.25) is 0 Å². The average molecular weight is 389 g/mol. The van der Waals surface area contributed by atoms with Crippen molar-refractivity contribution >= 4 is 12.1 Å². The number of carbonyl (C=O) groups is 2. The van der Waals surface area contributed by atoms with E-state index in [0.717, 1.165) is 0 Å². The first-order valence-electron chi connectivity index (χ1n) is 8.66. The van der Waals surface area contributed by atoms with Crippen LogP contribution in [0.5, 0.6) is 5.75 Å². The maximum atomic E-state index is 14.1. The van der Waals surface area contributed by atoms with Gasteiger partial charge in [0.2, 0.25) is 0 Å². The molecule has 0 bridgehead atoms. The first-order valence-corrected chi connectivity index (χ1v) is 8.66. The van der Waals surface area contributed by atoms with Crippen molar-refractivity contribution in [2.24, 2.45) is 0 Å². The minimum absolute atomic E-state index is 0.0860. The Morgan fingerprint density at radius 2 is 1.79 bits per heavy atom. The number of benzene rings is 2. The lowest BCUT2D eigenvalue weighted by Crippen LogP contribution is -2.32. The Kier molecular flexibility index (Phi) is 6.62. The topological polar surface area (TPSA) is 73.9 Å². The van der Waals surface area contributed by atoms with Gasteiger partial charge in [-0.1, -0.05) is 12.1 Å². The predicted octanol–water partition coefficient (Wildman–Crippen LogP) is 4.31. The molecule has 0 aliphatic carbocycles. The van der Waals surface area contributed by atoms with E-state index in [2.05, 4.69) is 5.32 Å². The van der Waals surface area contributed by atoms with Crippen LogP contribution in [-0.4, -0.2) is 31.9 Å². The van der Waals surface area contributed by atoms with Crippen LogP contribution in [0.3, 0.4) is 0 Å². The molecule has 28 heavy (non-hydrogen) atoms. The van der Waals surface area contributed by atoms with Crippen molar-refractivity contribution in [2.45, 2.75) is 32.9 Å². The van der Waals surface area contributed by atoms with Crippen molar-refractivity contribution in [1.29, 1.82) is 0 Å². The summed E-state index contributed by atoms with van der Waals surface area (Å²) >= 11 is 0. The Morgan fingerprint density at radius 1 is 1.07 bits per heavy atom. The molecule has 0 fully saturated rings. The van der Waals surface area contributed by atoms with E-state index in [1.54, 1.807) is 45.0 Å². The molecule has 0 heterocycles. The van der Waals surface area contributed by atoms with Gasteiger partial charge in [-0.2, -0.15) is 0 Å².